The number of para-hydroxylation sites is 2. The van der Waals surface area contributed by atoms with E-state index >= 15 is 0 Å². The van der Waals surface area contributed by atoms with E-state index in [0.717, 1.165) is 61.3 Å². The summed E-state index contributed by atoms with van der Waals surface area (Å²) in [5.41, 5.74) is 14.0. The summed E-state index contributed by atoms with van der Waals surface area (Å²) < 4.78 is 4.88. The number of nitrogens with zero attached hydrogens (tertiary/aromatic N) is 5. The van der Waals surface area contributed by atoms with Crippen molar-refractivity contribution in [2.75, 3.05) is 0 Å². The Morgan fingerprint density at radius 3 is 1.27 bits per heavy atom. The molecule has 0 aliphatic rings. The molecular formula is C57H37N5. The van der Waals surface area contributed by atoms with Gasteiger partial charge in [0.15, 0.2) is 17.5 Å². The first-order valence-electron chi connectivity index (χ1n) is 21.0. The summed E-state index contributed by atoms with van der Waals surface area (Å²) in [4.78, 5) is 15.6. The number of benzene rings is 9. The Hall–Kier alpha value is -8.41. The van der Waals surface area contributed by atoms with Crippen LogP contribution in [0, 0.1) is 0 Å². The predicted molar refractivity (Wildman–Crippen MR) is 256 cm³/mol. The van der Waals surface area contributed by atoms with Gasteiger partial charge in [-0.25, -0.2) is 15.0 Å². The summed E-state index contributed by atoms with van der Waals surface area (Å²) in [5.74, 6) is 1.86. The van der Waals surface area contributed by atoms with Gasteiger partial charge in [0.1, 0.15) is 0 Å². The van der Waals surface area contributed by atoms with E-state index in [2.05, 4.69) is 203 Å². The maximum Gasteiger partial charge on any atom is 0.164 e. The predicted octanol–water partition coefficient (Wildman–Crippen LogP) is 14.4. The molecule has 0 unspecified atom stereocenters. The molecule has 0 saturated carbocycles. The average molecular weight is 792 g/mol. The summed E-state index contributed by atoms with van der Waals surface area (Å²) in [6, 6.07) is 79.2. The van der Waals surface area contributed by atoms with E-state index in [9.17, 15) is 0 Å². The topological polar surface area (TPSA) is 48.5 Å². The molecule has 3 aromatic heterocycles. The molecule has 12 rings (SSSR count). The van der Waals surface area contributed by atoms with Gasteiger partial charge in [0, 0.05) is 49.6 Å². The minimum absolute atomic E-state index is 0.608. The van der Waals surface area contributed by atoms with Gasteiger partial charge < -0.3 is 9.13 Å². The van der Waals surface area contributed by atoms with Crippen LogP contribution in [0.25, 0.3) is 111 Å². The van der Waals surface area contributed by atoms with Crippen molar-refractivity contribution in [2.45, 2.75) is 0 Å². The second-order valence-electron chi connectivity index (χ2n) is 15.6. The molecule has 5 nitrogen and oxygen atoms in total. The molecule has 0 aliphatic heterocycles. The molecule has 0 radical (unpaired) electrons. The van der Waals surface area contributed by atoms with E-state index < -0.39 is 0 Å². The Balaban J connectivity index is 1.11. The van der Waals surface area contributed by atoms with Crippen LogP contribution in [0.5, 0.6) is 0 Å². The Kier molecular flexibility index (Phi) is 8.42. The SMILES string of the molecule is c1ccc(-c2cccc(-n3c4ccccc4c4ccc5c6ccccc6n(-c6cccc(-c7nc(-c8ccccc8)nc(-c8ccccc8-c8ccccc8)n7)c6)c5c43)c2)cc1. The minimum Gasteiger partial charge on any atom is -0.307 e. The first-order chi connectivity index (χ1) is 30.8. The maximum atomic E-state index is 5.26. The van der Waals surface area contributed by atoms with Crippen LogP contribution in [-0.4, -0.2) is 24.1 Å². The molecule has 290 valence electrons. The molecule has 0 spiro atoms. The molecule has 3 heterocycles. The van der Waals surface area contributed by atoms with Crippen LogP contribution >= 0.6 is 0 Å². The van der Waals surface area contributed by atoms with Crippen molar-refractivity contribution in [2.24, 2.45) is 0 Å². The monoisotopic (exact) mass is 791 g/mol. The molecule has 0 amide bonds. The lowest BCUT2D eigenvalue weighted by Crippen LogP contribution is -2.02. The van der Waals surface area contributed by atoms with Crippen LogP contribution in [0.3, 0.4) is 0 Å². The third-order valence-corrected chi connectivity index (χ3v) is 12.0. The molecule has 0 N–H and O–H groups in total. The second-order valence-corrected chi connectivity index (χ2v) is 15.6. The number of rotatable bonds is 7. The smallest absolute Gasteiger partial charge is 0.164 e. The van der Waals surface area contributed by atoms with Crippen molar-refractivity contribution in [3.05, 3.63) is 224 Å². The standard InChI is InChI=1S/C57H37N5/c1-4-18-38(19-5-1)41-24-16-26-43(36-41)61-51-32-14-12-29-46(51)48-34-35-49-47-30-13-15-33-52(47)62(54(49)53(48)61)44-27-17-25-42(37-44)56-58-55(40-22-8-3-9-23-40)59-57(60-56)50-31-11-10-28-45(50)39-20-6-2-7-21-39/h1-37H. The van der Waals surface area contributed by atoms with Gasteiger partial charge in [0.2, 0.25) is 0 Å². The summed E-state index contributed by atoms with van der Waals surface area (Å²) in [5, 5.41) is 4.79. The highest BCUT2D eigenvalue weighted by molar-refractivity contribution is 6.23. The van der Waals surface area contributed by atoms with E-state index in [1.807, 2.05) is 30.3 Å². The van der Waals surface area contributed by atoms with Crippen molar-refractivity contribution in [3.8, 4) is 67.8 Å². The molecule has 9 aromatic carbocycles. The van der Waals surface area contributed by atoms with Crippen LogP contribution in [0.1, 0.15) is 0 Å². The summed E-state index contributed by atoms with van der Waals surface area (Å²) in [7, 11) is 0. The van der Waals surface area contributed by atoms with Gasteiger partial charge in [-0.15, -0.1) is 0 Å². The number of fused-ring (bicyclic) bond motifs is 7. The van der Waals surface area contributed by atoms with E-state index in [0.29, 0.717) is 17.5 Å². The third kappa shape index (κ3) is 5.90. The molecular weight excluding hydrogens is 755 g/mol. The molecule has 0 aliphatic carbocycles. The number of hydrogen-bond donors (Lipinski definition) is 0. The zero-order chi connectivity index (χ0) is 41.0. The van der Waals surface area contributed by atoms with E-state index in [1.165, 1.54) is 32.7 Å². The van der Waals surface area contributed by atoms with Crippen molar-refractivity contribution in [3.63, 3.8) is 0 Å². The molecule has 0 bridgehead atoms. The van der Waals surface area contributed by atoms with E-state index in [1.54, 1.807) is 0 Å². The minimum atomic E-state index is 0.608. The fraction of sp³-hybridized carbons (Fsp3) is 0. The summed E-state index contributed by atoms with van der Waals surface area (Å²) in [6.45, 7) is 0. The van der Waals surface area contributed by atoms with Crippen LogP contribution in [0.2, 0.25) is 0 Å². The van der Waals surface area contributed by atoms with Crippen molar-refractivity contribution in [1.82, 2.24) is 24.1 Å². The number of hydrogen-bond acceptors (Lipinski definition) is 3. The summed E-state index contributed by atoms with van der Waals surface area (Å²) in [6.07, 6.45) is 0. The van der Waals surface area contributed by atoms with Gasteiger partial charge >= 0.3 is 0 Å². The Labute approximate surface area is 358 Å². The van der Waals surface area contributed by atoms with Crippen molar-refractivity contribution < 1.29 is 0 Å². The first-order valence-corrected chi connectivity index (χ1v) is 21.0. The van der Waals surface area contributed by atoms with Crippen molar-refractivity contribution in [1.29, 1.82) is 0 Å². The molecule has 5 heteroatoms. The van der Waals surface area contributed by atoms with Gasteiger partial charge in [-0.1, -0.05) is 188 Å². The van der Waals surface area contributed by atoms with Gasteiger partial charge in [-0.3, -0.25) is 0 Å². The van der Waals surface area contributed by atoms with Crippen LogP contribution < -0.4 is 0 Å². The van der Waals surface area contributed by atoms with E-state index in [4.69, 9.17) is 15.0 Å². The van der Waals surface area contributed by atoms with Gasteiger partial charge in [-0.05, 0) is 58.7 Å². The Morgan fingerprint density at radius 2 is 0.677 bits per heavy atom. The molecule has 0 atom stereocenters. The van der Waals surface area contributed by atoms with Gasteiger partial charge in [0.25, 0.3) is 0 Å². The van der Waals surface area contributed by atoms with Crippen LogP contribution in [-0.2, 0) is 0 Å². The van der Waals surface area contributed by atoms with Gasteiger partial charge in [0.05, 0.1) is 22.1 Å². The lowest BCUT2D eigenvalue weighted by molar-refractivity contribution is 1.07. The fourth-order valence-corrected chi connectivity index (χ4v) is 9.17. The fourth-order valence-electron chi connectivity index (χ4n) is 9.17. The molecule has 0 fully saturated rings. The highest BCUT2D eigenvalue weighted by Gasteiger charge is 2.22. The average Bonchev–Trinajstić information content (AvgIpc) is 3.88. The number of aromatic nitrogens is 5. The second kappa shape index (κ2) is 14.7. The van der Waals surface area contributed by atoms with Crippen LogP contribution in [0.4, 0.5) is 0 Å². The maximum absolute atomic E-state index is 5.26. The highest BCUT2D eigenvalue weighted by Crippen LogP contribution is 2.42. The third-order valence-electron chi connectivity index (χ3n) is 12.0. The quantitative estimate of drug-likeness (QED) is 0.162. The van der Waals surface area contributed by atoms with Crippen molar-refractivity contribution >= 4 is 43.6 Å². The Bertz CT molecular complexity index is 3620. The normalized spacial score (nSPS) is 11.5. The molecule has 62 heavy (non-hydrogen) atoms. The zero-order valence-corrected chi connectivity index (χ0v) is 33.6. The molecule has 0 saturated heterocycles. The zero-order valence-electron chi connectivity index (χ0n) is 33.6. The van der Waals surface area contributed by atoms with E-state index in [-0.39, 0.29) is 0 Å². The van der Waals surface area contributed by atoms with Gasteiger partial charge in [-0.2, -0.15) is 0 Å². The highest BCUT2D eigenvalue weighted by atomic mass is 15.1. The molecule has 12 aromatic rings. The lowest BCUT2D eigenvalue weighted by Gasteiger charge is -2.15. The largest absolute Gasteiger partial charge is 0.307 e. The first kappa shape index (κ1) is 35.5. The summed E-state index contributed by atoms with van der Waals surface area (Å²) >= 11 is 0. The lowest BCUT2D eigenvalue weighted by atomic mass is 9.99. The van der Waals surface area contributed by atoms with Crippen LogP contribution in [0.15, 0.2) is 224 Å². The Morgan fingerprint density at radius 1 is 0.258 bits per heavy atom.